The minimum atomic E-state index is 0.300. The molecular weight excluding hydrogens is 254 g/mol. The quantitative estimate of drug-likeness (QED) is 0.706. The van der Waals surface area contributed by atoms with Gasteiger partial charge < -0.3 is 5.32 Å². The van der Waals surface area contributed by atoms with Crippen LogP contribution in [0.2, 0.25) is 0 Å². The molecule has 0 bridgehead atoms. The Kier molecular flexibility index (Phi) is 2.93. The maximum absolute atomic E-state index is 3.97. The first-order chi connectivity index (χ1) is 10.1. The number of hydrogen-bond donors (Lipinski definition) is 1. The molecule has 2 fully saturated rings. The summed E-state index contributed by atoms with van der Waals surface area (Å²) in [5.41, 5.74) is 5.35. The summed E-state index contributed by atoms with van der Waals surface area (Å²) in [6.07, 6.45) is 9.90. The van der Waals surface area contributed by atoms with Crippen molar-refractivity contribution in [2.45, 2.75) is 82.6 Å². The SMILES string of the molecule is CC(C)c1ccc2c(c1)C13CCCC[C@H]1CCC[C@@]3(C)N2. The molecule has 1 aromatic rings. The Balaban J connectivity index is 1.90. The Morgan fingerprint density at radius 2 is 1.90 bits per heavy atom. The Bertz CT molecular complexity index is 559. The van der Waals surface area contributed by atoms with Crippen LogP contribution >= 0.6 is 0 Å². The third kappa shape index (κ3) is 1.69. The molecule has 2 aliphatic carbocycles. The fourth-order valence-electron chi connectivity index (χ4n) is 5.81. The van der Waals surface area contributed by atoms with Crippen LogP contribution in [0.15, 0.2) is 18.2 Å². The summed E-state index contributed by atoms with van der Waals surface area (Å²) in [6.45, 7) is 7.15. The lowest BCUT2D eigenvalue weighted by atomic mass is 9.50. The maximum atomic E-state index is 3.97. The number of benzene rings is 1. The van der Waals surface area contributed by atoms with Gasteiger partial charge in [-0.05, 0) is 61.6 Å². The summed E-state index contributed by atoms with van der Waals surface area (Å²) >= 11 is 0. The fraction of sp³-hybridized carbons (Fsp3) is 0.700. The van der Waals surface area contributed by atoms with Crippen LogP contribution in [0, 0.1) is 5.92 Å². The summed E-state index contributed by atoms with van der Waals surface area (Å²) in [5, 5.41) is 3.97. The molecule has 4 rings (SSSR count). The molecular formula is C20H29N. The van der Waals surface area contributed by atoms with Gasteiger partial charge in [0.05, 0.1) is 0 Å². The van der Waals surface area contributed by atoms with Crippen molar-refractivity contribution in [3.05, 3.63) is 29.3 Å². The van der Waals surface area contributed by atoms with Crippen molar-refractivity contribution in [3.63, 3.8) is 0 Å². The highest BCUT2D eigenvalue weighted by Crippen LogP contribution is 2.62. The lowest BCUT2D eigenvalue weighted by Gasteiger charge is -2.55. The number of anilines is 1. The van der Waals surface area contributed by atoms with Crippen LogP contribution < -0.4 is 5.32 Å². The van der Waals surface area contributed by atoms with E-state index < -0.39 is 0 Å². The van der Waals surface area contributed by atoms with Crippen LogP contribution in [0.3, 0.4) is 0 Å². The summed E-state index contributed by atoms with van der Waals surface area (Å²) in [5.74, 6) is 1.53. The summed E-state index contributed by atoms with van der Waals surface area (Å²) in [6, 6.07) is 7.27. The van der Waals surface area contributed by atoms with Gasteiger partial charge in [-0.1, -0.05) is 45.2 Å². The highest BCUT2D eigenvalue weighted by molar-refractivity contribution is 5.66. The van der Waals surface area contributed by atoms with Gasteiger partial charge in [0.2, 0.25) is 0 Å². The molecule has 0 aromatic heterocycles. The number of nitrogens with one attached hydrogen (secondary N) is 1. The number of rotatable bonds is 1. The van der Waals surface area contributed by atoms with Crippen molar-refractivity contribution >= 4 is 5.69 Å². The van der Waals surface area contributed by atoms with E-state index in [-0.39, 0.29) is 0 Å². The molecule has 1 spiro atoms. The molecule has 0 radical (unpaired) electrons. The first-order valence-corrected chi connectivity index (χ1v) is 8.99. The van der Waals surface area contributed by atoms with Crippen molar-refractivity contribution in [1.29, 1.82) is 0 Å². The van der Waals surface area contributed by atoms with Crippen molar-refractivity contribution < 1.29 is 0 Å². The minimum absolute atomic E-state index is 0.300. The van der Waals surface area contributed by atoms with Gasteiger partial charge in [0.25, 0.3) is 0 Å². The van der Waals surface area contributed by atoms with E-state index in [0.29, 0.717) is 16.9 Å². The smallest absolute Gasteiger partial charge is 0.0445 e. The second kappa shape index (κ2) is 4.51. The standard InChI is InChI=1S/C20H29N/c1-14(2)15-9-10-18-17(13-15)20-12-5-4-7-16(20)8-6-11-19(20,3)21-18/h9-10,13-14,16,21H,4-8,11-12H2,1-3H3/t16-,19+,20?/m0/s1. The zero-order valence-electron chi connectivity index (χ0n) is 13.8. The molecule has 3 atom stereocenters. The van der Waals surface area contributed by atoms with Crippen LogP contribution in [0.25, 0.3) is 0 Å². The minimum Gasteiger partial charge on any atom is -0.379 e. The summed E-state index contributed by atoms with van der Waals surface area (Å²) < 4.78 is 0. The van der Waals surface area contributed by atoms with Crippen LogP contribution in [-0.4, -0.2) is 5.54 Å². The molecule has 0 amide bonds. The van der Waals surface area contributed by atoms with Gasteiger partial charge in [0.1, 0.15) is 0 Å². The normalized spacial score (nSPS) is 37.6. The molecule has 0 saturated heterocycles. The summed E-state index contributed by atoms with van der Waals surface area (Å²) in [4.78, 5) is 0. The molecule has 1 heterocycles. The molecule has 2 saturated carbocycles. The first-order valence-electron chi connectivity index (χ1n) is 8.99. The molecule has 3 aliphatic rings. The van der Waals surface area contributed by atoms with Crippen molar-refractivity contribution in [2.24, 2.45) is 5.92 Å². The molecule has 1 aliphatic heterocycles. The molecule has 114 valence electrons. The van der Waals surface area contributed by atoms with Gasteiger partial charge in [-0.2, -0.15) is 0 Å². The second-order valence-corrected chi connectivity index (χ2v) is 8.22. The highest BCUT2D eigenvalue weighted by Gasteiger charge is 2.60. The fourth-order valence-corrected chi connectivity index (χ4v) is 5.81. The van der Waals surface area contributed by atoms with Crippen LogP contribution in [0.1, 0.15) is 82.8 Å². The third-order valence-corrected chi connectivity index (χ3v) is 6.89. The van der Waals surface area contributed by atoms with Crippen LogP contribution in [0.5, 0.6) is 0 Å². The molecule has 1 heteroatoms. The molecule has 21 heavy (non-hydrogen) atoms. The predicted octanol–water partition coefficient (Wildman–Crippen LogP) is 5.61. The Labute approximate surface area is 129 Å². The number of hydrogen-bond acceptors (Lipinski definition) is 1. The molecule has 1 unspecified atom stereocenters. The van der Waals surface area contributed by atoms with E-state index in [9.17, 15) is 0 Å². The highest BCUT2D eigenvalue weighted by atomic mass is 15.1. The largest absolute Gasteiger partial charge is 0.379 e. The van der Waals surface area contributed by atoms with Gasteiger partial charge >= 0.3 is 0 Å². The van der Waals surface area contributed by atoms with Crippen molar-refractivity contribution in [1.82, 2.24) is 0 Å². The molecule has 1 nitrogen and oxygen atoms in total. The zero-order valence-corrected chi connectivity index (χ0v) is 13.8. The van der Waals surface area contributed by atoms with Crippen molar-refractivity contribution in [3.8, 4) is 0 Å². The lowest BCUT2D eigenvalue weighted by molar-refractivity contribution is 0.0683. The van der Waals surface area contributed by atoms with E-state index >= 15 is 0 Å². The Morgan fingerprint density at radius 3 is 2.71 bits per heavy atom. The Morgan fingerprint density at radius 1 is 1.10 bits per heavy atom. The van der Waals surface area contributed by atoms with E-state index in [0.717, 1.165) is 5.92 Å². The molecule has 1 aromatic carbocycles. The third-order valence-electron chi connectivity index (χ3n) is 6.89. The maximum Gasteiger partial charge on any atom is 0.0445 e. The average Bonchev–Trinajstić information content (AvgIpc) is 2.73. The van der Waals surface area contributed by atoms with Gasteiger partial charge in [-0.3, -0.25) is 0 Å². The Hall–Kier alpha value is -0.980. The topological polar surface area (TPSA) is 12.0 Å². The van der Waals surface area contributed by atoms with E-state index in [2.05, 4.69) is 44.3 Å². The summed E-state index contributed by atoms with van der Waals surface area (Å²) in [7, 11) is 0. The first kappa shape index (κ1) is 13.7. The van der Waals surface area contributed by atoms with Gasteiger partial charge in [0, 0.05) is 16.6 Å². The van der Waals surface area contributed by atoms with E-state index in [1.807, 2.05) is 0 Å². The van der Waals surface area contributed by atoms with Crippen LogP contribution in [0.4, 0.5) is 5.69 Å². The number of fused-ring (bicyclic) bond motifs is 1. The van der Waals surface area contributed by atoms with E-state index in [1.54, 1.807) is 5.56 Å². The van der Waals surface area contributed by atoms with Crippen molar-refractivity contribution in [2.75, 3.05) is 5.32 Å². The predicted molar refractivity (Wildman–Crippen MR) is 90.0 cm³/mol. The van der Waals surface area contributed by atoms with E-state index in [4.69, 9.17) is 0 Å². The molecule has 1 N–H and O–H groups in total. The van der Waals surface area contributed by atoms with Gasteiger partial charge in [-0.25, -0.2) is 0 Å². The van der Waals surface area contributed by atoms with Gasteiger partial charge in [-0.15, -0.1) is 0 Å². The zero-order chi connectivity index (χ0) is 14.7. The van der Waals surface area contributed by atoms with Gasteiger partial charge in [0.15, 0.2) is 0 Å². The van der Waals surface area contributed by atoms with Crippen LogP contribution in [-0.2, 0) is 5.41 Å². The second-order valence-electron chi connectivity index (χ2n) is 8.22. The van der Waals surface area contributed by atoms with E-state index in [1.165, 1.54) is 56.2 Å². The average molecular weight is 283 g/mol. The monoisotopic (exact) mass is 283 g/mol. The lowest BCUT2D eigenvalue weighted by Crippen LogP contribution is -2.58.